The van der Waals surface area contributed by atoms with Crippen molar-refractivity contribution in [2.24, 2.45) is 0 Å². The van der Waals surface area contributed by atoms with Crippen molar-refractivity contribution in [2.75, 3.05) is 19.7 Å². The van der Waals surface area contributed by atoms with Gasteiger partial charge in [-0.05, 0) is 12.8 Å². The Kier molecular flexibility index (Phi) is 3.41. The van der Waals surface area contributed by atoms with Crippen LogP contribution < -0.4 is 0 Å². The van der Waals surface area contributed by atoms with E-state index < -0.39 is 0 Å². The summed E-state index contributed by atoms with van der Waals surface area (Å²) < 4.78 is 0. The second-order valence-corrected chi connectivity index (χ2v) is 2.94. The van der Waals surface area contributed by atoms with Crippen LogP contribution in [-0.4, -0.2) is 35.7 Å². The van der Waals surface area contributed by atoms with Crippen LogP contribution in [0.25, 0.3) is 0 Å². The molecule has 0 atom stereocenters. The van der Waals surface area contributed by atoms with E-state index in [0.717, 1.165) is 25.6 Å². The molecule has 1 aliphatic carbocycles. The molecule has 62 valence electrons. The van der Waals surface area contributed by atoms with Crippen LogP contribution in [0.15, 0.2) is 0 Å². The average Bonchev–Trinajstić information content (AvgIpc) is 2.80. The van der Waals surface area contributed by atoms with E-state index in [2.05, 4.69) is 10.8 Å². The van der Waals surface area contributed by atoms with Gasteiger partial charge < -0.3 is 5.11 Å². The Labute approximate surface area is 68.2 Å². The maximum absolute atomic E-state index is 8.72. The van der Waals surface area contributed by atoms with Crippen molar-refractivity contribution >= 4 is 0 Å². The quantitative estimate of drug-likeness (QED) is 0.580. The molecule has 1 fully saturated rings. The fourth-order valence-corrected chi connectivity index (χ4v) is 1.25. The van der Waals surface area contributed by atoms with Crippen LogP contribution in [0.5, 0.6) is 0 Å². The first-order valence-electron chi connectivity index (χ1n) is 4.17. The number of aliphatic hydroxyl groups is 1. The summed E-state index contributed by atoms with van der Waals surface area (Å²) in [6, 6.07) is 0.718. The lowest BCUT2D eigenvalue weighted by Gasteiger charge is -2.18. The number of rotatable bonds is 5. The third-order valence-electron chi connectivity index (χ3n) is 1.99. The molecule has 2 heteroatoms. The molecular formula is C9H15NO. The van der Waals surface area contributed by atoms with Crippen molar-refractivity contribution in [3.05, 3.63) is 0 Å². The SMILES string of the molecule is C#CCCN(CCO)C1CC1. The minimum atomic E-state index is 0.251. The Bertz CT molecular complexity index is 146. The van der Waals surface area contributed by atoms with Gasteiger partial charge in [-0.15, -0.1) is 12.3 Å². The highest BCUT2D eigenvalue weighted by Gasteiger charge is 2.27. The number of hydrogen-bond acceptors (Lipinski definition) is 2. The lowest BCUT2D eigenvalue weighted by atomic mass is 10.3. The summed E-state index contributed by atoms with van der Waals surface area (Å²) >= 11 is 0. The van der Waals surface area contributed by atoms with E-state index in [1.54, 1.807) is 0 Å². The number of nitrogens with zero attached hydrogens (tertiary/aromatic N) is 1. The van der Waals surface area contributed by atoms with Gasteiger partial charge in [0.25, 0.3) is 0 Å². The predicted molar refractivity (Wildman–Crippen MR) is 45.1 cm³/mol. The molecule has 0 aromatic carbocycles. The molecule has 0 bridgehead atoms. The number of terminal acetylenes is 1. The van der Waals surface area contributed by atoms with E-state index in [0.29, 0.717) is 0 Å². The van der Waals surface area contributed by atoms with Gasteiger partial charge in [0.2, 0.25) is 0 Å². The Hall–Kier alpha value is -0.520. The van der Waals surface area contributed by atoms with Crippen molar-refractivity contribution < 1.29 is 5.11 Å². The van der Waals surface area contributed by atoms with Crippen molar-refractivity contribution in [1.82, 2.24) is 4.90 Å². The van der Waals surface area contributed by atoms with Crippen LogP contribution in [-0.2, 0) is 0 Å². The molecule has 11 heavy (non-hydrogen) atoms. The normalized spacial score (nSPS) is 16.8. The van der Waals surface area contributed by atoms with E-state index in [1.165, 1.54) is 12.8 Å². The first kappa shape index (κ1) is 8.58. The molecule has 0 aliphatic heterocycles. The summed E-state index contributed by atoms with van der Waals surface area (Å²) in [7, 11) is 0. The maximum Gasteiger partial charge on any atom is 0.0558 e. The van der Waals surface area contributed by atoms with Gasteiger partial charge in [0.05, 0.1) is 6.61 Å². The summed E-state index contributed by atoms with van der Waals surface area (Å²) in [6.07, 6.45) is 8.52. The van der Waals surface area contributed by atoms with Gasteiger partial charge in [-0.3, -0.25) is 4.90 Å². The molecule has 1 aliphatic rings. The zero-order chi connectivity index (χ0) is 8.10. The Morgan fingerprint density at radius 2 is 2.18 bits per heavy atom. The third-order valence-corrected chi connectivity index (χ3v) is 1.99. The molecule has 0 aromatic heterocycles. The first-order chi connectivity index (χ1) is 5.38. The Morgan fingerprint density at radius 3 is 2.64 bits per heavy atom. The van der Waals surface area contributed by atoms with E-state index >= 15 is 0 Å². The molecule has 0 aromatic rings. The number of hydrogen-bond donors (Lipinski definition) is 1. The van der Waals surface area contributed by atoms with Crippen LogP contribution in [0, 0.1) is 12.3 Å². The van der Waals surface area contributed by atoms with Crippen molar-refractivity contribution in [3.63, 3.8) is 0 Å². The molecule has 1 saturated carbocycles. The number of aliphatic hydroxyl groups excluding tert-OH is 1. The monoisotopic (exact) mass is 153 g/mol. The molecular weight excluding hydrogens is 138 g/mol. The largest absolute Gasteiger partial charge is 0.395 e. The van der Waals surface area contributed by atoms with Crippen molar-refractivity contribution in [1.29, 1.82) is 0 Å². The van der Waals surface area contributed by atoms with Crippen LogP contribution in [0.2, 0.25) is 0 Å². The van der Waals surface area contributed by atoms with Crippen LogP contribution in [0.1, 0.15) is 19.3 Å². The highest BCUT2D eigenvalue weighted by atomic mass is 16.3. The zero-order valence-electron chi connectivity index (χ0n) is 6.79. The molecule has 0 spiro atoms. The summed E-state index contributed by atoms with van der Waals surface area (Å²) in [4.78, 5) is 2.28. The summed E-state index contributed by atoms with van der Waals surface area (Å²) in [5.74, 6) is 2.62. The highest BCUT2D eigenvalue weighted by molar-refractivity contribution is 4.89. The minimum Gasteiger partial charge on any atom is -0.395 e. The van der Waals surface area contributed by atoms with Crippen LogP contribution in [0.4, 0.5) is 0 Å². The van der Waals surface area contributed by atoms with Gasteiger partial charge in [-0.1, -0.05) is 0 Å². The maximum atomic E-state index is 8.72. The average molecular weight is 153 g/mol. The molecule has 0 radical (unpaired) electrons. The standard InChI is InChI=1S/C9H15NO/c1-2-3-6-10(7-8-11)9-4-5-9/h1,9,11H,3-8H2. The second-order valence-electron chi connectivity index (χ2n) is 2.94. The van der Waals surface area contributed by atoms with Gasteiger partial charge in [0, 0.05) is 25.6 Å². The third kappa shape index (κ3) is 2.92. The van der Waals surface area contributed by atoms with Gasteiger partial charge in [0.1, 0.15) is 0 Å². The molecule has 1 rings (SSSR count). The first-order valence-corrected chi connectivity index (χ1v) is 4.17. The highest BCUT2D eigenvalue weighted by Crippen LogP contribution is 2.26. The Morgan fingerprint density at radius 1 is 1.45 bits per heavy atom. The van der Waals surface area contributed by atoms with Gasteiger partial charge in [0.15, 0.2) is 0 Å². The summed E-state index contributed by atoms with van der Waals surface area (Å²) in [5.41, 5.74) is 0. The van der Waals surface area contributed by atoms with Crippen molar-refractivity contribution in [3.8, 4) is 12.3 Å². The van der Waals surface area contributed by atoms with E-state index in [9.17, 15) is 0 Å². The smallest absolute Gasteiger partial charge is 0.0558 e. The Balaban J connectivity index is 2.16. The van der Waals surface area contributed by atoms with Gasteiger partial charge in [-0.25, -0.2) is 0 Å². The summed E-state index contributed by atoms with van der Waals surface area (Å²) in [6.45, 7) is 1.98. The minimum absolute atomic E-state index is 0.251. The van der Waals surface area contributed by atoms with E-state index in [1.807, 2.05) is 0 Å². The molecule has 0 unspecified atom stereocenters. The van der Waals surface area contributed by atoms with E-state index in [-0.39, 0.29) is 6.61 Å². The second kappa shape index (κ2) is 4.38. The molecule has 1 N–H and O–H groups in total. The fourth-order valence-electron chi connectivity index (χ4n) is 1.25. The molecule has 0 amide bonds. The molecule has 0 saturated heterocycles. The topological polar surface area (TPSA) is 23.5 Å². The zero-order valence-corrected chi connectivity index (χ0v) is 6.79. The predicted octanol–water partition coefficient (Wildman–Crippen LogP) is 0.466. The van der Waals surface area contributed by atoms with Crippen molar-refractivity contribution in [2.45, 2.75) is 25.3 Å². The van der Waals surface area contributed by atoms with Gasteiger partial charge >= 0.3 is 0 Å². The van der Waals surface area contributed by atoms with Gasteiger partial charge in [-0.2, -0.15) is 0 Å². The lowest BCUT2D eigenvalue weighted by Crippen LogP contribution is -2.29. The van der Waals surface area contributed by atoms with Crippen LogP contribution >= 0.6 is 0 Å². The molecule has 0 heterocycles. The lowest BCUT2D eigenvalue weighted by molar-refractivity contribution is 0.192. The van der Waals surface area contributed by atoms with E-state index in [4.69, 9.17) is 11.5 Å². The molecule has 2 nitrogen and oxygen atoms in total. The fraction of sp³-hybridized carbons (Fsp3) is 0.778. The van der Waals surface area contributed by atoms with Crippen LogP contribution in [0.3, 0.4) is 0 Å². The summed E-state index contributed by atoms with van der Waals surface area (Å²) in [5, 5.41) is 8.72.